The number of aromatic nitrogens is 2. The van der Waals surface area contributed by atoms with Crippen molar-refractivity contribution in [3.8, 4) is 11.1 Å². The summed E-state index contributed by atoms with van der Waals surface area (Å²) in [5, 5.41) is 0.292. The molecule has 0 unspecified atom stereocenters. The van der Waals surface area contributed by atoms with E-state index in [0.29, 0.717) is 27.7 Å². The maximum atomic E-state index is 15.4. The molecule has 0 amide bonds. The number of ketones is 1. The minimum absolute atomic E-state index is 0.0615. The zero-order valence-corrected chi connectivity index (χ0v) is 19.8. The summed E-state index contributed by atoms with van der Waals surface area (Å²) < 4.78 is 70.7. The quantitative estimate of drug-likeness (QED) is 0.264. The fourth-order valence-electron chi connectivity index (χ4n) is 3.96. The zero-order chi connectivity index (χ0) is 26.2. The van der Waals surface area contributed by atoms with E-state index in [1.165, 1.54) is 36.7 Å². The van der Waals surface area contributed by atoms with E-state index in [2.05, 4.69) is 14.7 Å². The van der Waals surface area contributed by atoms with E-state index < -0.39 is 50.3 Å². The van der Waals surface area contributed by atoms with E-state index >= 15 is 4.39 Å². The second-order valence-corrected chi connectivity index (χ2v) is 10.0. The number of fused-ring (bicyclic) bond motifs is 1. The number of hydrogen-bond acceptors (Lipinski definition) is 4. The Morgan fingerprint density at radius 2 is 1.65 bits per heavy atom. The van der Waals surface area contributed by atoms with Gasteiger partial charge >= 0.3 is 0 Å². The summed E-state index contributed by atoms with van der Waals surface area (Å²) in [5.41, 5.74) is 0.436. The van der Waals surface area contributed by atoms with E-state index in [-0.39, 0.29) is 5.56 Å². The lowest BCUT2D eigenvalue weighted by Crippen LogP contribution is -2.18. The van der Waals surface area contributed by atoms with Crippen LogP contribution in [0.5, 0.6) is 0 Å². The van der Waals surface area contributed by atoms with Gasteiger partial charge in [0, 0.05) is 28.9 Å². The van der Waals surface area contributed by atoms with Crippen molar-refractivity contribution in [2.75, 3.05) is 4.72 Å². The van der Waals surface area contributed by atoms with Gasteiger partial charge in [-0.05, 0) is 41.5 Å². The van der Waals surface area contributed by atoms with Gasteiger partial charge in [-0.1, -0.05) is 42.5 Å². The Bertz CT molecular complexity index is 1740. The van der Waals surface area contributed by atoms with Crippen LogP contribution < -0.4 is 4.72 Å². The summed E-state index contributed by atoms with van der Waals surface area (Å²) in [6, 6.07) is 17.2. The van der Waals surface area contributed by atoms with E-state index in [4.69, 9.17) is 0 Å². The first-order valence-corrected chi connectivity index (χ1v) is 12.7. The second kappa shape index (κ2) is 9.55. The summed E-state index contributed by atoms with van der Waals surface area (Å²) >= 11 is 0. The number of aromatic amines is 1. The van der Waals surface area contributed by atoms with Crippen LogP contribution in [-0.4, -0.2) is 24.2 Å². The monoisotopic (exact) mass is 521 g/mol. The molecule has 0 aliphatic carbocycles. The summed E-state index contributed by atoms with van der Waals surface area (Å²) in [4.78, 5) is 20.4. The van der Waals surface area contributed by atoms with Crippen molar-refractivity contribution >= 4 is 32.5 Å². The van der Waals surface area contributed by atoms with Gasteiger partial charge < -0.3 is 4.98 Å². The van der Waals surface area contributed by atoms with Gasteiger partial charge in [-0.3, -0.25) is 9.52 Å². The molecule has 5 aromatic rings. The van der Waals surface area contributed by atoms with Crippen molar-refractivity contribution in [3.63, 3.8) is 0 Å². The van der Waals surface area contributed by atoms with Crippen molar-refractivity contribution in [2.24, 2.45) is 0 Å². The first-order chi connectivity index (χ1) is 17.7. The molecule has 2 N–H and O–H groups in total. The molecule has 0 aliphatic rings. The van der Waals surface area contributed by atoms with Crippen LogP contribution in [0, 0.1) is 17.5 Å². The molecule has 0 fully saturated rings. The van der Waals surface area contributed by atoms with Crippen LogP contribution in [0.3, 0.4) is 0 Å². The highest BCUT2D eigenvalue weighted by molar-refractivity contribution is 7.91. The molecular weight excluding hydrogens is 503 g/mol. The number of H-pyrrole nitrogens is 1. The minimum atomic E-state index is -4.06. The summed E-state index contributed by atoms with van der Waals surface area (Å²) in [6.07, 6.45) is 2.79. The van der Waals surface area contributed by atoms with Gasteiger partial charge in [-0.15, -0.1) is 0 Å². The fourth-order valence-corrected chi connectivity index (χ4v) is 5.16. The van der Waals surface area contributed by atoms with E-state index in [0.717, 1.165) is 12.1 Å². The second-order valence-electron chi connectivity index (χ2n) is 8.29. The number of sulfonamides is 1. The Kier molecular flexibility index (Phi) is 6.26. The molecule has 0 radical (unpaired) electrons. The molecule has 2 heterocycles. The zero-order valence-electron chi connectivity index (χ0n) is 19.0. The number of hydrogen-bond donors (Lipinski definition) is 2. The normalized spacial score (nSPS) is 11.5. The topological polar surface area (TPSA) is 91.9 Å². The molecular formula is C27H18F3N3O3S. The van der Waals surface area contributed by atoms with Crippen LogP contribution in [0.2, 0.25) is 0 Å². The number of carbonyl (C=O) groups is 1. The van der Waals surface area contributed by atoms with Gasteiger partial charge in [-0.25, -0.2) is 26.6 Å². The number of nitrogens with one attached hydrogen (secondary N) is 2. The van der Waals surface area contributed by atoms with Crippen LogP contribution in [0.25, 0.3) is 22.2 Å². The number of benzene rings is 3. The van der Waals surface area contributed by atoms with Gasteiger partial charge in [-0.2, -0.15) is 0 Å². The van der Waals surface area contributed by atoms with Crippen molar-refractivity contribution in [1.29, 1.82) is 0 Å². The summed E-state index contributed by atoms with van der Waals surface area (Å²) in [6.45, 7) is 0. The molecule has 3 aromatic carbocycles. The highest BCUT2D eigenvalue weighted by atomic mass is 32.2. The van der Waals surface area contributed by atoms with Crippen LogP contribution in [0.15, 0.2) is 85.2 Å². The van der Waals surface area contributed by atoms with E-state index in [1.54, 1.807) is 36.4 Å². The molecule has 10 heteroatoms. The minimum Gasteiger partial charge on any atom is -0.345 e. The van der Waals surface area contributed by atoms with E-state index in [1.807, 2.05) is 0 Å². The smallest absolute Gasteiger partial charge is 0.237 e. The van der Waals surface area contributed by atoms with Gasteiger partial charge in [0.2, 0.25) is 15.8 Å². The van der Waals surface area contributed by atoms with Crippen LogP contribution in [0.4, 0.5) is 18.9 Å². The van der Waals surface area contributed by atoms with Crippen LogP contribution in [0.1, 0.15) is 21.5 Å². The van der Waals surface area contributed by atoms with Gasteiger partial charge in [0.25, 0.3) is 0 Å². The predicted molar refractivity (Wildman–Crippen MR) is 134 cm³/mol. The molecule has 6 nitrogen and oxygen atoms in total. The third-order valence-corrected chi connectivity index (χ3v) is 6.98. The summed E-state index contributed by atoms with van der Waals surface area (Å²) in [5.74, 6) is -4.33. The number of nitrogens with zero attached hydrogens (tertiary/aromatic N) is 1. The maximum Gasteiger partial charge on any atom is 0.237 e. The number of anilines is 1. The molecule has 2 aromatic heterocycles. The Morgan fingerprint density at radius 3 is 2.38 bits per heavy atom. The molecule has 5 rings (SSSR count). The fraction of sp³-hybridized carbons (Fsp3) is 0.0370. The number of rotatable bonds is 7. The molecule has 0 spiro atoms. The first-order valence-electron chi connectivity index (χ1n) is 11.0. The number of pyridine rings is 1. The van der Waals surface area contributed by atoms with Gasteiger partial charge in [0.05, 0.1) is 17.0 Å². The average Bonchev–Trinajstić information content (AvgIpc) is 3.30. The van der Waals surface area contributed by atoms with E-state index in [9.17, 15) is 22.0 Å². The van der Waals surface area contributed by atoms with Crippen molar-refractivity contribution in [2.45, 2.75) is 5.75 Å². The van der Waals surface area contributed by atoms with Crippen LogP contribution >= 0.6 is 0 Å². The van der Waals surface area contributed by atoms with Crippen molar-refractivity contribution in [3.05, 3.63) is 119 Å². The Morgan fingerprint density at radius 1 is 0.919 bits per heavy atom. The SMILES string of the molecule is O=C(c1c(F)ccc(NS(=O)(=O)Cc2ccccc2)c1F)c1c[nH]c2ncc(-c3ccc(F)cc3)cc12. The molecule has 0 bridgehead atoms. The average molecular weight is 522 g/mol. The highest BCUT2D eigenvalue weighted by Crippen LogP contribution is 2.30. The summed E-state index contributed by atoms with van der Waals surface area (Å²) in [7, 11) is -4.06. The lowest BCUT2D eigenvalue weighted by atomic mass is 10.00. The molecule has 0 saturated heterocycles. The van der Waals surface area contributed by atoms with Crippen LogP contribution in [-0.2, 0) is 15.8 Å². The Balaban J connectivity index is 1.50. The van der Waals surface area contributed by atoms with Crippen molar-refractivity contribution < 1.29 is 26.4 Å². The standard InChI is InChI=1S/C27H18F3N3O3S/c28-19-8-6-17(7-9-19)18-12-20-21(14-32-27(20)31-13-18)26(34)24-22(29)10-11-23(25(24)30)33-37(35,36)15-16-4-2-1-3-5-16/h1-14,33H,15H2,(H,31,32). The van der Waals surface area contributed by atoms with Gasteiger partial charge in [0.15, 0.2) is 5.82 Å². The lowest BCUT2D eigenvalue weighted by Gasteiger charge is -2.12. The predicted octanol–water partition coefficient (Wildman–Crippen LogP) is 5.82. The molecule has 186 valence electrons. The third kappa shape index (κ3) is 4.96. The third-order valence-electron chi connectivity index (χ3n) is 5.74. The number of carbonyl (C=O) groups excluding carboxylic acids is 1. The molecule has 0 atom stereocenters. The Hall–Kier alpha value is -4.44. The Labute approximate surface area is 209 Å². The highest BCUT2D eigenvalue weighted by Gasteiger charge is 2.26. The first kappa shape index (κ1) is 24.3. The van der Waals surface area contributed by atoms with Gasteiger partial charge in [0.1, 0.15) is 17.3 Å². The molecule has 37 heavy (non-hydrogen) atoms. The lowest BCUT2D eigenvalue weighted by molar-refractivity contribution is 0.103. The molecule has 0 aliphatic heterocycles. The number of halogens is 3. The maximum absolute atomic E-state index is 15.4. The van der Waals surface area contributed by atoms with Crippen molar-refractivity contribution in [1.82, 2.24) is 9.97 Å². The molecule has 0 saturated carbocycles. The largest absolute Gasteiger partial charge is 0.345 e.